The Morgan fingerprint density at radius 2 is 1.85 bits per heavy atom. The minimum atomic E-state index is -0.387. The Hall–Kier alpha value is -3.15. The van der Waals surface area contributed by atoms with Gasteiger partial charge < -0.3 is 14.8 Å². The third-order valence-corrected chi connectivity index (χ3v) is 4.99. The average Bonchev–Trinajstić information content (AvgIpc) is 3.16. The highest BCUT2D eigenvalue weighted by molar-refractivity contribution is 5.99. The zero-order valence-corrected chi connectivity index (χ0v) is 14.8. The van der Waals surface area contributed by atoms with Gasteiger partial charge in [0.1, 0.15) is 11.9 Å². The normalized spacial score (nSPS) is 17.1. The van der Waals surface area contributed by atoms with Crippen LogP contribution >= 0.6 is 0 Å². The first-order valence-electron chi connectivity index (χ1n) is 8.63. The number of aromatic nitrogens is 2. The third-order valence-electron chi connectivity index (χ3n) is 4.99. The standard InChI is InChI=1S/C20H20N4O2/c1-23-17(11-12-18(23)25)20(26)21-14-9-7-13(8-10-14)19-22-15-5-3-4-6-16(15)24(19)2/h3-10,17H,11-12H2,1-2H3,(H,21,26). The molecule has 4 rings (SSSR count). The number of anilines is 1. The van der Waals surface area contributed by atoms with Gasteiger partial charge in [-0.15, -0.1) is 0 Å². The van der Waals surface area contributed by atoms with Crippen LogP contribution in [0, 0.1) is 0 Å². The molecule has 6 nitrogen and oxygen atoms in total. The predicted molar refractivity (Wildman–Crippen MR) is 101 cm³/mol. The van der Waals surface area contributed by atoms with Crippen molar-refractivity contribution in [3.63, 3.8) is 0 Å². The van der Waals surface area contributed by atoms with Gasteiger partial charge in [-0.1, -0.05) is 12.1 Å². The van der Waals surface area contributed by atoms with Crippen molar-refractivity contribution in [3.8, 4) is 11.4 Å². The molecular weight excluding hydrogens is 328 g/mol. The van der Waals surface area contributed by atoms with E-state index in [2.05, 4.69) is 14.9 Å². The summed E-state index contributed by atoms with van der Waals surface area (Å²) in [5.74, 6) is 0.751. The molecule has 2 aromatic carbocycles. The molecule has 1 N–H and O–H groups in total. The van der Waals surface area contributed by atoms with Crippen LogP contribution in [0.4, 0.5) is 5.69 Å². The highest BCUT2D eigenvalue weighted by atomic mass is 16.2. The number of para-hydroxylation sites is 2. The van der Waals surface area contributed by atoms with Crippen LogP contribution in [-0.4, -0.2) is 39.4 Å². The molecule has 6 heteroatoms. The van der Waals surface area contributed by atoms with E-state index in [-0.39, 0.29) is 17.9 Å². The van der Waals surface area contributed by atoms with Gasteiger partial charge in [0, 0.05) is 31.8 Å². The van der Waals surface area contributed by atoms with Crippen LogP contribution in [0.3, 0.4) is 0 Å². The molecule has 132 valence electrons. The molecule has 0 saturated carbocycles. The van der Waals surface area contributed by atoms with E-state index in [0.717, 1.165) is 22.4 Å². The summed E-state index contributed by atoms with van der Waals surface area (Å²) in [6, 6.07) is 15.2. The predicted octanol–water partition coefficient (Wildman–Crippen LogP) is 2.80. The van der Waals surface area contributed by atoms with Gasteiger partial charge in [0.15, 0.2) is 0 Å². The summed E-state index contributed by atoms with van der Waals surface area (Å²) in [7, 11) is 3.67. The number of hydrogen-bond donors (Lipinski definition) is 1. The van der Waals surface area contributed by atoms with E-state index in [4.69, 9.17) is 0 Å². The number of carbonyl (C=O) groups excluding carboxylic acids is 2. The summed E-state index contributed by atoms with van der Waals surface area (Å²) in [5, 5.41) is 2.89. The number of benzene rings is 2. The van der Waals surface area contributed by atoms with Gasteiger partial charge in [-0.25, -0.2) is 4.98 Å². The molecule has 2 heterocycles. The number of rotatable bonds is 3. The van der Waals surface area contributed by atoms with E-state index in [1.807, 2.05) is 55.6 Å². The second kappa shape index (κ2) is 6.29. The fourth-order valence-corrected chi connectivity index (χ4v) is 3.44. The summed E-state index contributed by atoms with van der Waals surface area (Å²) in [4.78, 5) is 30.2. The van der Waals surface area contributed by atoms with Crippen molar-refractivity contribution in [1.82, 2.24) is 14.5 Å². The molecule has 1 saturated heterocycles. The molecule has 1 aromatic heterocycles. The van der Waals surface area contributed by atoms with Crippen LogP contribution in [-0.2, 0) is 16.6 Å². The summed E-state index contributed by atoms with van der Waals surface area (Å²) < 4.78 is 2.06. The zero-order chi connectivity index (χ0) is 18.3. The lowest BCUT2D eigenvalue weighted by Crippen LogP contribution is -2.38. The number of nitrogens with one attached hydrogen (secondary N) is 1. The number of aryl methyl sites for hydroxylation is 1. The molecule has 3 aromatic rings. The molecule has 0 spiro atoms. The fourth-order valence-electron chi connectivity index (χ4n) is 3.44. The van der Waals surface area contributed by atoms with Gasteiger partial charge in [0.05, 0.1) is 11.0 Å². The molecule has 1 unspecified atom stereocenters. The largest absolute Gasteiger partial charge is 0.334 e. The van der Waals surface area contributed by atoms with Crippen molar-refractivity contribution >= 4 is 28.5 Å². The number of imidazole rings is 1. The molecule has 1 aliphatic rings. The Morgan fingerprint density at radius 1 is 1.12 bits per heavy atom. The lowest BCUT2D eigenvalue weighted by Gasteiger charge is -2.19. The lowest BCUT2D eigenvalue weighted by molar-refractivity contribution is -0.131. The second-order valence-corrected chi connectivity index (χ2v) is 6.61. The van der Waals surface area contributed by atoms with E-state index in [0.29, 0.717) is 18.5 Å². The first-order chi connectivity index (χ1) is 12.5. The first kappa shape index (κ1) is 16.3. The summed E-state index contributed by atoms with van der Waals surface area (Å²) >= 11 is 0. The number of nitrogens with zero attached hydrogens (tertiary/aromatic N) is 3. The Balaban J connectivity index is 1.54. The van der Waals surface area contributed by atoms with Gasteiger partial charge in [0.25, 0.3) is 0 Å². The molecule has 1 aliphatic heterocycles. The van der Waals surface area contributed by atoms with Gasteiger partial charge >= 0.3 is 0 Å². The molecule has 0 bridgehead atoms. The molecule has 2 amide bonds. The Bertz CT molecular complexity index is 991. The monoisotopic (exact) mass is 348 g/mol. The second-order valence-electron chi connectivity index (χ2n) is 6.61. The SMILES string of the molecule is CN1C(=O)CCC1C(=O)Nc1ccc(-c2nc3ccccc3n2C)cc1. The topological polar surface area (TPSA) is 67.2 Å². The highest BCUT2D eigenvalue weighted by Crippen LogP contribution is 2.25. The molecule has 0 aliphatic carbocycles. The maximum atomic E-state index is 12.4. The molecule has 1 atom stereocenters. The van der Waals surface area contributed by atoms with Crippen molar-refractivity contribution in [2.45, 2.75) is 18.9 Å². The van der Waals surface area contributed by atoms with Gasteiger partial charge in [-0.3, -0.25) is 9.59 Å². The van der Waals surface area contributed by atoms with Crippen molar-refractivity contribution in [2.24, 2.45) is 7.05 Å². The maximum Gasteiger partial charge on any atom is 0.247 e. The summed E-state index contributed by atoms with van der Waals surface area (Å²) in [6.07, 6.45) is 0.999. The fraction of sp³-hybridized carbons (Fsp3) is 0.250. The van der Waals surface area contributed by atoms with Crippen LogP contribution in [0.2, 0.25) is 0 Å². The van der Waals surface area contributed by atoms with Crippen LogP contribution in [0.15, 0.2) is 48.5 Å². The Morgan fingerprint density at radius 3 is 2.50 bits per heavy atom. The van der Waals surface area contributed by atoms with E-state index >= 15 is 0 Å². The minimum Gasteiger partial charge on any atom is -0.334 e. The van der Waals surface area contributed by atoms with Crippen LogP contribution in [0.5, 0.6) is 0 Å². The number of likely N-dealkylation sites (tertiary alicyclic amines) is 1. The van der Waals surface area contributed by atoms with Gasteiger partial charge in [-0.2, -0.15) is 0 Å². The van der Waals surface area contributed by atoms with Crippen molar-refractivity contribution in [2.75, 3.05) is 12.4 Å². The van der Waals surface area contributed by atoms with Crippen molar-refractivity contribution in [1.29, 1.82) is 0 Å². The lowest BCUT2D eigenvalue weighted by atomic mass is 10.1. The average molecular weight is 348 g/mol. The van der Waals surface area contributed by atoms with Crippen molar-refractivity contribution in [3.05, 3.63) is 48.5 Å². The Kier molecular flexibility index (Phi) is 3.95. The zero-order valence-electron chi connectivity index (χ0n) is 14.8. The molecule has 26 heavy (non-hydrogen) atoms. The summed E-state index contributed by atoms with van der Waals surface area (Å²) in [6.45, 7) is 0. The minimum absolute atomic E-state index is 0.0161. The number of amides is 2. The highest BCUT2D eigenvalue weighted by Gasteiger charge is 2.33. The van der Waals surface area contributed by atoms with E-state index < -0.39 is 0 Å². The first-order valence-corrected chi connectivity index (χ1v) is 8.63. The van der Waals surface area contributed by atoms with Crippen LogP contribution in [0.1, 0.15) is 12.8 Å². The Labute approximate surface area is 151 Å². The number of carbonyl (C=O) groups is 2. The summed E-state index contributed by atoms with van der Waals surface area (Å²) in [5.41, 5.74) is 3.73. The third kappa shape index (κ3) is 2.73. The van der Waals surface area contributed by atoms with Crippen LogP contribution in [0.25, 0.3) is 22.4 Å². The van der Waals surface area contributed by atoms with Gasteiger partial charge in [0.2, 0.25) is 11.8 Å². The van der Waals surface area contributed by atoms with Gasteiger partial charge in [-0.05, 0) is 42.8 Å². The number of hydrogen-bond acceptors (Lipinski definition) is 3. The molecule has 1 fully saturated rings. The maximum absolute atomic E-state index is 12.4. The van der Waals surface area contributed by atoms with Crippen LogP contribution < -0.4 is 5.32 Å². The van der Waals surface area contributed by atoms with E-state index in [1.54, 1.807) is 7.05 Å². The molecule has 0 radical (unpaired) electrons. The molecular formula is C20H20N4O2. The quantitative estimate of drug-likeness (QED) is 0.791. The van der Waals surface area contributed by atoms with E-state index in [9.17, 15) is 9.59 Å². The van der Waals surface area contributed by atoms with E-state index in [1.165, 1.54) is 4.90 Å². The van der Waals surface area contributed by atoms with Crippen molar-refractivity contribution < 1.29 is 9.59 Å². The number of fused-ring (bicyclic) bond motifs is 1. The smallest absolute Gasteiger partial charge is 0.247 e. The number of likely N-dealkylation sites (N-methyl/N-ethyl adjacent to an activating group) is 1.